The number of hydrogen-bond donors (Lipinski definition) is 1. The number of piperidine rings is 1. The molecule has 152 valence electrons. The van der Waals surface area contributed by atoms with E-state index in [1.807, 2.05) is 12.1 Å². The van der Waals surface area contributed by atoms with Gasteiger partial charge in [0.05, 0.1) is 18.1 Å². The first-order valence-corrected chi connectivity index (χ1v) is 11.1. The van der Waals surface area contributed by atoms with E-state index in [0.717, 1.165) is 24.0 Å². The Morgan fingerprint density at radius 2 is 1.93 bits per heavy atom. The van der Waals surface area contributed by atoms with E-state index in [-0.39, 0.29) is 11.0 Å². The lowest BCUT2D eigenvalue weighted by Crippen LogP contribution is -2.39. The van der Waals surface area contributed by atoms with E-state index >= 15 is 0 Å². The van der Waals surface area contributed by atoms with Gasteiger partial charge < -0.3 is 10.3 Å². The minimum atomic E-state index is -3.78. The van der Waals surface area contributed by atoms with Crippen LogP contribution in [0.4, 0.5) is 5.95 Å². The molecule has 0 bridgehead atoms. The lowest BCUT2D eigenvalue weighted by atomic mass is 9.95. The minimum absolute atomic E-state index is 0.0296. The van der Waals surface area contributed by atoms with E-state index in [2.05, 4.69) is 15.0 Å². The molecule has 10 heteroatoms. The second kappa shape index (κ2) is 7.74. The van der Waals surface area contributed by atoms with Crippen molar-refractivity contribution in [3.8, 4) is 11.1 Å². The number of nitrogens with two attached hydrogens (primary N) is 1. The Balaban J connectivity index is 1.82. The fourth-order valence-corrected chi connectivity index (χ4v) is 5.38. The minimum Gasteiger partial charge on any atom is -0.368 e. The number of halogens is 1. The number of rotatable bonds is 4. The molecule has 1 unspecified atom stereocenters. The molecule has 0 aliphatic carbocycles. The molecule has 3 heterocycles. The summed E-state index contributed by atoms with van der Waals surface area (Å²) < 4.78 is 29.7. The van der Waals surface area contributed by atoms with Crippen LogP contribution in [0.3, 0.4) is 0 Å². The smallest absolute Gasteiger partial charge is 0.262 e. The molecule has 1 aromatic carbocycles. The highest BCUT2D eigenvalue weighted by Crippen LogP contribution is 2.38. The Labute approximate surface area is 174 Å². The largest absolute Gasteiger partial charge is 0.368 e. The van der Waals surface area contributed by atoms with Crippen molar-refractivity contribution in [2.24, 2.45) is 7.05 Å². The van der Waals surface area contributed by atoms with E-state index in [1.54, 1.807) is 29.9 Å². The van der Waals surface area contributed by atoms with Gasteiger partial charge in [-0.05, 0) is 30.5 Å². The van der Waals surface area contributed by atoms with Gasteiger partial charge in [-0.1, -0.05) is 30.2 Å². The Morgan fingerprint density at radius 3 is 2.62 bits per heavy atom. The van der Waals surface area contributed by atoms with E-state index in [1.165, 1.54) is 16.8 Å². The van der Waals surface area contributed by atoms with Crippen molar-refractivity contribution in [3.05, 3.63) is 53.7 Å². The lowest BCUT2D eigenvalue weighted by molar-refractivity contribution is 0.251. The van der Waals surface area contributed by atoms with Crippen LogP contribution in [0.5, 0.6) is 0 Å². The lowest BCUT2D eigenvalue weighted by Gasteiger charge is -2.34. The Morgan fingerprint density at radius 1 is 1.17 bits per heavy atom. The molecule has 0 saturated carbocycles. The molecule has 1 aliphatic rings. The maximum absolute atomic E-state index is 13.3. The third-order valence-electron chi connectivity index (χ3n) is 5.02. The number of anilines is 1. The molecule has 1 saturated heterocycles. The van der Waals surface area contributed by atoms with Crippen LogP contribution in [-0.2, 0) is 17.1 Å². The summed E-state index contributed by atoms with van der Waals surface area (Å²) in [6.07, 6.45) is 6.94. The SMILES string of the molecule is Cn1cnc(S(=O)(=O)N2CCCCC2c2nc(N)ncc2-c2ccc(Cl)cc2)c1. The predicted octanol–water partition coefficient (Wildman–Crippen LogP) is 3.03. The van der Waals surface area contributed by atoms with Gasteiger partial charge >= 0.3 is 0 Å². The van der Waals surface area contributed by atoms with Gasteiger partial charge in [0.25, 0.3) is 10.0 Å². The van der Waals surface area contributed by atoms with E-state index in [0.29, 0.717) is 23.7 Å². The van der Waals surface area contributed by atoms with Crippen molar-refractivity contribution in [2.45, 2.75) is 30.3 Å². The van der Waals surface area contributed by atoms with Crippen molar-refractivity contribution in [2.75, 3.05) is 12.3 Å². The van der Waals surface area contributed by atoms with Crippen LogP contribution in [0.2, 0.25) is 5.02 Å². The predicted molar refractivity (Wildman–Crippen MR) is 111 cm³/mol. The van der Waals surface area contributed by atoms with E-state index < -0.39 is 16.1 Å². The zero-order chi connectivity index (χ0) is 20.6. The van der Waals surface area contributed by atoms with Gasteiger partial charge in [-0.2, -0.15) is 4.31 Å². The molecule has 2 aromatic heterocycles. The Bertz CT molecular complexity index is 1130. The summed E-state index contributed by atoms with van der Waals surface area (Å²) in [5.74, 6) is 0.110. The van der Waals surface area contributed by atoms with Gasteiger partial charge in [0.15, 0.2) is 5.03 Å². The zero-order valence-corrected chi connectivity index (χ0v) is 17.4. The zero-order valence-electron chi connectivity index (χ0n) is 15.9. The van der Waals surface area contributed by atoms with Crippen LogP contribution < -0.4 is 5.73 Å². The van der Waals surface area contributed by atoms with Crippen molar-refractivity contribution in [1.82, 2.24) is 23.8 Å². The van der Waals surface area contributed by atoms with Crippen LogP contribution in [0, 0.1) is 0 Å². The molecule has 29 heavy (non-hydrogen) atoms. The maximum Gasteiger partial charge on any atom is 0.262 e. The number of sulfonamides is 1. The highest BCUT2D eigenvalue weighted by molar-refractivity contribution is 7.89. The molecule has 1 fully saturated rings. The number of nitrogen functional groups attached to an aromatic ring is 1. The second-order valence-electron chi connectivity index (χ2n) is 7.04. The van der Waals surface area contributed by atoms with Gasteiger partial charge in [0.1, 0.15) is 0 Å². The fraction of sp³-hybridized carbons (Fsp3) is 0.316. The average Bonchev–Trinajstić information content (AvgIpc) is 3.16. The topological polar surface area (TPSA) is 107 Å². The van der Waals surface area contributed by atoms with Crippen molar-refractivity contribution in [3.63, 3.8) is 0 Å². The Hall–Kier alpha value is -2.49. The molecule has 1 aliphatic heterocycles. The summed E-state index contributed by atoms with van der Waals surface area (Å²) in [5.41, 5.74) is 8.07. The molecule has 2 N–H and O–H groups in total. The summed E-state index contributed by atoms with van der Waals surface area (Å²) in [7, 11) is -2.04. The van der Waals surface area contributed by atoms with E-state index in [9.17, 15) is 8.42 Å². The molecule has 8 nitrogen and oxygen atoms in total. The van der Waals surface area contributed by atoms with Crippen LogP contribution in [0.1, 0.15) is 31.0 Å². The summed E-state index contributed by atoms with van der Waals surface area (Å²) >= 11 is 6.02. The fourth-order valence-electron chi connectivity index (χ4n) is 3.62. The Kier molecular flexibility index (Phi) is 5.28. The molecular weight excluding hydrogens is 412 g/mol. The van der Waals surface area contributed by atoms with Crippen LogP contribution in [-0.4, -0.2) is 38.8 Å². The summed E-state index contributed by atoms with van der Waals surface area (Å²) in [5, 5.41) is 0.644. The van der Waals surface area contributed by atoms with Gasteiger partial charge in [-0.25, -0.2) is 23.4 Å². The van der Waals surface area contributed by atoms with Crippen molar-refractivity contribution in [1.29, 1.82) is 0 Å². The van der Waals surface area contributed by atoms with Crippen molar-refractivity contribution >= 4 is 27.6 Å². The van der Waals surface area contributed by atoms with Gasteiger partial charge in [-0.3, -0.25) is 0 Å². The highest BCUT2D eigenvalue weighted by Gasteiger charge is 2.37. The summed E-state index contributed by atoms with van der Waals surface area (Å²) in [6.45, 7) is 0.396. The molecular formula is C19H21ClN6O2S. The number of benzene rings is 1. The first kappa shape index (κ1) is 19.8. The number of imidazole rings is 1. The molecule has 0 spiro atoms. The third kappa shape index (κ3) is 3.85. The average molecular weight is 433 g/mol. The van der Waals surface area contributed by atoms with Gasteiger partial charge in [-0.15, -0.1) is 0 Å². The number of aromatic nitrogens is 4. The van der Waals surface area contributed by atoms with E-state index in [4.69, 9.17) is 17.3 Å². The first-order chi connectivity index (χ1) is 13.9. The van der Waals surface area contributed by atoms with Gasteiger partial charge in [0, 0.05) is 36.6 Å². The second-order valence-corrected chi connectivity index (χ2v) is 9.31. The molecule has 4 rings (SSSR count). The number of nitrogens with zero attached hydrogens (tertiary/aromatic N) is 5. The normalized spacial score (nSPS) is 18.1. The molecule has 0 radical (unpaired) electrons. The molecule has 3 aromatic rings. The number of hydrogen-bond acceptors (Lipinski definition) is 6. The molecule has 1 atom stereocenters. The highest BCUT2D eigenvalue weighted by atomic mass is 35.5. The molecule has 0 amide bonds. The van der Waals surface area contributed by atoms with Crippen molar-refractivity contribution < 1.29 is 8.42 Å². The third-order valence-corrected chi connectivity index (χ3v) is 7.06. The standard InChI is InChI=1S/C19H21ClN6O2S/c1-25-11-17(23-12-25)29(27,28)26-9-3-2-4-16(26)18-15(10-22-19(21)24-18)13-5-7-14(20)8-6-13/h5-8,10-12,16H,2-4,9H2,1H3,(H2,21,22,24). The number of aryl methyl sites for hydroxylation is 1. The van der Waals surface area contributed by atoms with Crippen LogP contribution in [0.15, 0.2) is 48.0 Å². The first-order valence-electron chi connectivity index (χ1n) is 9.24. The van der Waals surface area contributed by atoms with Gasteiger partial charge in [0.2, 0.25) is 5.95 Å². The summed E-state index contributed by atoms with van der Waals surface area (Å²) in [4.78, 5) is 12.7. The van der Waals surface area contributed by atoms with Crippen LogP contribution in [0.25, 0.3) is 11.1 Å². The quantitative estimate of drug-likeness (QED) is 0.679. The maximum atomic E-state index is 13.3. The summed E-state index contributed by atoms with van der Waals surface area (Å²) in [6, 6.07) is 6.83. The monoisotopic (exact) mass is 432 g/mol. The van der Waals surface area contributed by atoms with Crippen LogP contribution >= 0.6 is 11.6 Å².